The van der Waals surface area contributed by atoms with Crippen LogP contribution in [0.3, 0.4) is 0 Å². The first-order chi connectivity index (χ1) is 15.4. The van der Waals surface area contributed by atoms with Gasteiger partial charge >= 0.3 is 0 Å². The van der Waals surface area contributed by atoms with Crippen LogP contribution in [0, 0.1) is 11.3 Å². The van der Waals surface area contributed by atoms with Crippen molar-refractivity contribution in [2.24, 2.45) is 5.73 Å². The Bertz CT molecular complexity index is 1120. The minimum atomic E-state index is -0.552. The third kappa shape index (κ3) is 4.05. The first kappa shape index (κ1) is 22.2. The number of allylic oxidation sites excluding steroid dienone is 1. The summed E-state index contributed by atoms with van der Waals surface area (Å²) in [5.74, 6) is 0.360. The van der Waals surface area contributed by atoms with Gasteiger partial charge in [0.25, 0.3) is 5.56 Å². The first-order valence-corrected chi connectivity index (χ1v) is 11.5. The van der Waals surface area contributed by atoms with E-state index in [2.05, 4.69) is 39.0 Å². The maximum Gasteiger partial charge on any atom is 0.258 e. The Hall–Kier alpha value is -3.04. The number of fused-ring (bicyclic) bond motifs is 1. The summed E-state index contributed by atoms with van der Waals surface area (Å²) in [5.41, 5.74) is 9.76. The zero-order valence-corrected chi connectivity index (χ0v) is 19.1. The average Bonchev–Trinajstić information content (AvgIpc) is 3.29. The number of aryl methyl sites for hydroxylation is 1. The van der Waals surface area contributed by atoms with Crippen molar-refractivity contribution in [2.45, 2.75) is 70.9 Å². The van der Waals surface area contributed by atoms with Crippen LogP contribution in [0.4, 0.5) is 0 Å². The number of benzene rings is 1. The zero-order valence-electron chi connectivity index (χ0n) is 19.1. The molecule has 168 valence electrons. The summed E-state index contributed by atoms with van der Waals surface area (Å²) < 4.78 is 13.5. The molecule has 2 N–H and O–H groups in total. The van der Waals surface area contributed by atoms with Crippen molar-refractivity contribution in [2.75, 3.05) is 6.61 Å². The predicted octanol–water partition coefficient (Wildman–Crippen LogP) is 4.32. The molecule has 1 aromatic carbocycles. The van der Waals surface area contributed by atoms with Gasteiger partial charge in [-0.15, -0.1) is 0 Å². The molecule has 2 aliphatic rings. The molecule has 0 radical (unpaired) electrons. The van der Waals surface area contributed by atoms with E-state index in [9.17, 15) is 10.1 Å². The molecule has 1 saturated heterocycles. The molecule has 4 rings (SSSR count). The Kier molecular flexibility index (Phi) is 6.38. The van der Waals surface area contributed by atoms with Crippen LogP contribution < -0.4 is 16.0 Å². The van der Waals surface area contributed by atoms with E-state index in [-0.39, 0.29) is 23.1 Å². The van der Waals surface area contributed by atoms with Gasteiger partial charge in [0.1, 0.15) is 17.4 Å². The molecule has 2 aromatic rings. The van der Waals surface area contributed by atoms with Gasteiger partial charge in [-0.25, -0.2) is 0 Å². The number of nitrogens with two attached hydrogens (primary N) is 1. The summed E-state index contributed by atoms with van der Waals surface area (Å²) in [7, 11) is 0. The van der Waals surface area contributed by atoms with Gasteiger partial charge in [0.15, 0.2) is 0 Å². The van der Waals surface area contributed by atoms with Crippen molar-refractivity contribution in [1.29, 1.82) is 5.26 Å². The van der Waals surface area contributed by atoms with Crippen molar-refractivity contribution < 1.29 is 9.47 Å². The van der Waals surface area contributed by atoms with E-state index < -0.39 is 5.92 Å². The highest BCUT2D eigenvalue weighted by atomic mass is 16.5. The summed E-state index contributed by atoms with van der Waals surface area (Å²) in [5, 5.41) is 9.89. The van der Waals surface area contributed by atoms with Crippen LogP contribution in [0.2, 0.25) is 0 Å². The fourth-order valence-electron chi connectivity index (χ4n) is 4.68. The van der Waals surface area contributed by atoms with Gasteiger partial charge in [0.05, 0.1) is 24.1 Å². The van der Waals surface area contributed by atoms with Crippen LogP contribution in [0.1, 0.15) is 74.3 Å². The second kappa shape index (κ2) is 9.22. The SMILES string of the molecule is CCCc1cc2c(c(=O)n1CC1CCCO1)C(c1ccc(C(C)C)cc1)C(C#N)=C(N)O2. The van der Waals surface area contributed by atoms with Gasteiger partial charge in [0, 0.05) is 18.4 Å². The van der Waals surface area contributed by atoms with E-state index in [0.717, 1.165) is 43.5 Å². The number of hydrogen-bond donors (Lipinski definition) is 1. The van der Waals surface area contributed by atoms with Crippen LogP contribution in [0.5, 0.6) is 5.75 Å². The lowest BCUT2D eigenvalue weighted by molar-refractivity contribution is 0.0952. The summed E-state index contributed by atoms with van der Waals surface area (Å²) >= 11 is 0. The van der Waals surface area contributed by atoms with Gasteiger partial charge in [-0.1, -0.05) is 51.5 Å². The average molecular weight is 434 g/mol. The predicted molar refractivity (Wildman–Crippen MR) is 123 cm³/mol. The number of nitrogens with zero attached hydrogens (tertiary/aromatic N) is 2. The van der Waals surface area contributed by atoms with Crippen molar-refractivity contribution in [3.8, 4) is 11.8 Å². The molecule has 0 aliphatic carbocycles. The molecule has 3 heterocycles. The van der Waals surface area contributed by atoms with Crippen LogP contribution in [-0.2, 0) is 17.7 Å². The van der Waals surface area contributed by atoms with Crippen molar-refractivity contribution in [3.05, 3.63) is 74.5 Å². The molecule has 32 heavy (non-hydrogen) atoms. The van der Waals surface area contributed by atoms with Gasteiger partial charge in [-0.3, -0.25) is 4.79 Å². The number of aromatic nitrogens is 1. The molecule has 0 saturated carbocycles. The summed E-state index contributed by atoms with van der Waals surface area (Å²) in [6.45, 7) is 7.61. The van der Waals surface area contributed by atoms with Crippen LogP contribution in [0.25, 0.3) is 0 Å². The minimum Gasteiger partial charge on any atom is -0.440 e. The number of rotatable bonds is 6. The molecule has 6 heteroatoms. The van der Waals surface area contributed by atoms with Gasteiger partial charge < -0.3 is 19.8 Å². The first-order valence-electron chi connectivity index (χ1n) is 11.5. The largest absolute Gasteiger partial charge is 0.440 e. The molecule has 2 unspecified atom stereocenters. The van der Waals surface area contributed by atoms with Crippen LogP contribution >= 0.6 is 0 Å². The van der Waals surface area contributed by atoms with Crippen molar-refractivity contribution in [3.63, 3.8) is 0 Å². The Balaban J connectivity index is 1.88. The van der Waals surface area contributed by atoms with E-state index in [0.29, 0.717) is 23.8 Å². The Morgan fingerprint density at radius 3 is 2.62 bits per heavy atom. The minimum absolute atomic E-state index is 0.0330. The number of nitriles is 1. The third-order valence-corrected chi connectivity index (χ3v) is 6.42. The highest BCUT2D eigenvalue weighted by molar-refractivity contribution is 5.55. The van der Waals surface area contributed by atoms with Gasteiger partial charge in [0.2, 0.25) is 5.88 Å². The maximum atomic E-state index is 13.9. The standard InChI is InChI=1S/C26H31N3O3/c1-4-6-19-13-22-24(26(30)29(19)15-20-7-5-12-31-20)23(21(14-27)25(28)32-22)18-10-8-17(9-11-18)16(2)3/h8-11,13,16,20,23H,4-7,12,15,28H2,1-3H3. The Morgan fingerprint density at radius 2 is 2.03 bits per heavy atom. The monoisotopic (exact) mass is 433 g/mol. The lowest BCUT2D eigenvalue weighted by atomic mass is 9.83. The molecule has 1 fully saturated rings. The lowest BCUT2D eigenvalue weighted by Crippen LogP contribution is -2.35. The Morgan fingerprint density at radius 1 is 1.28 bits per heavy atom. The molecule has 0 bridgehead atoms. The topological polar surface area (TPSA) is 90.3 Å². The van der Waals surface area contributed by atoms with Gasteiger partial charge in [-0.05, 0) is 36.3 Å². The quantitative estimate of drug-likeness (QED) is 0.733. The third-order valence-electron chi connectivity index (χ3n) is 6.42. The highest BCUT2D eigenvalue weighted by Crippen LogP contribution is 2.41. The molecule has 2 aliphatic heterocycles. The number of hydrogen-bond acceptors (Lipinski definition) is 5. The number of pyridine rings is 1. The Labute approximate surface area is 189 Å². The van der Waals surface area contributed by atoms with Gasteiger partial charge in [-0.2, -0.15) is 5.26 Å². The van der Waals surface area contributed by atoms with E-state index in [1.807, 2.05) is 22.8 Å². The molecule has 2 atom stereocenters. The molecule has 0 amide bonds. The normalized spacial score (nSPS) is 20.2. The summed E-state index contributed by atoms with van der Waals surface area (Å²) in [6.07, 6.45) is 3.65. The second-order valence-electron chi connectivity index (χ2n) is 8.96. The van der Waals surface area contributed by atoms with E-state index in [1.165, 1.54) is 5.56 Å². The van der Waals surface area contributed by atoms with Crippen LogP contribution in [0.15, 0.2) is 46.6 Å². The van der Waals surface area contributed by atoms with E-state index in [4.69, 9.17) is 15.2 Å². The molecule has 1 aromatic heterocycles. The van der Waals surface area contributed by atoms with E-state index >= 15 is 0 Å². The van der Waals surface area contributed by atoms with Crippen LogP contribution in [-0.4, -0.2) is 17.3 Å². The molecular weight excluding hydrogens is 402 g/mol. The number of ether oxygens (including phenoxy) is 2. The summed E-state index contributed by atoms with van der Waals surface area (Å²) in [4.78, 5) is 13.9. The smallest absolute Gasteiger partial charge is 0.258 e. The summed E-state index contributed by atoms with van der Waals surface area (Å²) in [6, 6.07) is 12.2. The maximum absolute atomic E-state index is 13.9. The second-order valence-corrected chi connectivity index (χ2v) is 8.96. The lowest BCUT2D eigenvalue weighted by Gasteiger charge is -2.28. The fourth-order valence-corrected chi connectivity index (χ4v) is 4.68. The highest BCUT2D eigenvalue weighted by Gasteiger charge is 2.35. The molecule has 0 spiro atoms. The van der Waals surface area contributed by atoms with Crippen molar-refractivity contribution in [1.82, 2.24) is 4.57 Å². The van der Waals surface area contributed by atoms with E-state index in [1.54, 1.807) is 0 Å². The molecule has 6 nitrogen and oxygen atoms in total. The van der Waals surface area contributed by atoms with Crippen molar-refractivity contribution >= 4 is 0 Å². The molecular formula is C26H31N3O3. The fraction of sp³-hybridized carbons (Fsp3) is 0.462. The zero-order chi connectivity index (χ0) is 22.8.